The minimum atomic E-state index is -0.662. The molecule has 0 saturated heterocycles. The highest BCUT2D eigenvalue weighted by Gasteiger charge is 2.13. The van der Waals surface area contributed by atoms with E-state index in [-0.39, 0.29) is 24.5 Å². The third kappa shape index (κ3) is 5.99. The number of rotatable bonds is 6. The Kier molecular flexibility index (Phi) is 7.28. The standard InChI is InChI=1S/C16H20N2O6/c1-5-23-15(20)17-9-11-6-7-12(18-16(21)22-4)8-13(11)24-14(19)10(2)3/h6-8H,2,5,9H2,1,3-4H3,(H,17,20)(H,18,21). The lowest BCUT2D eigenvalue weighted by molar-refractivity contribution is -0.130. The number of carbonyl (C=O) groups is 3. The first-order valence-electron chi connectivity index (χ1n) is 7.13. The molecule has 0 heterocycles. The predicted molar refractivity (Wildman–Crippen MR) is 86.8 cm³/mol. The molecule has 0 fully saturated rings. The van der Waals surface area contributed by atoms with E-state index in [1.54, 1.807) is 19.1 Å². The third-order valence-electron chi connectivity index (χ3n) is 2.75. The Hall–Kier alpha value is -3.03. The molecular formula is C16H20N2O6. The van der Waals surface area contributed by atoms with E-state index in [9.17, 15) is 14.4 Å². The Labute approximate surface area is 139 Å². The molecule has 1 aromatic carbocycles. The summed E-state index contributed by atoms with van der Waals surface area (Å²) in [5, 5.41) is 4.99. The van der Waals surface area contributed by atoms with Crippen LogP contribution in [-0.2, 0) is 20.8 Å². The number of nitrogens with one attached hydrogen (secondary N) is 2. The molecule has 2 amide bonds. The van der Waals surface area contributed by atoms with Gasteiger partial charge >= 0.3 is 18.2 Å². The van der Waals surface area contributed by atoms with E-state index >= 15 is 0 Å². The fourth-order valence-corrected chi connectivity index (χ4v) is 1.58. The molecule has 0 aliphatic rings. The molecule has 0 saturated carbocycles. The van der Waals surface area contributed by atoms with Crippen LogP contribution >= 0.6 is 0 Å². The second-order valence-corrected chi connectivity index (χ2v) is 4.68. The maximum atomic E-state index is 11.7. The lowest BCUT2D eigenvalue weighted by Crippen LogP contribution is -2.24. The highest BCUT2D eigenvalue weighted by Crippen LogP contribution is 2.24. The van der Waals surface area contributed by atoms with Gasteiger partial charge in [0.1, 0.15) is 5.75 Å². The number of hydrogen-bond acceptors (Lipinski definition) is 6. The minimum absolute atomic E-state index is 0.0795. The highest BCUT2D eigenvalue weighted by molar-refractivity contribution is 5.89. The quantitative estimate of drug-likeness (QED) is 0.470. The summed E-state index contributed by atoms with van der Waals surface area (Å²) in [7, 11) is 1.23. The van der Waals surface area contributed by atoms with E-state index in [1.807, 2.05) is 0 Å². The van der Waals surface area contributed by atoms with Crippen LogP contribution in [0.3, 0.4) is 0 Å². The second-order valence-electron chi connectivity index (χ2n) is 4.68. The van der Waals surface area contributed by atoms with Gasteiger partial charge < -0.3 is 19.5 Å². The highest BCUT2D eigenvalue weighted by atomic mass is 16.6. The number of alkyl carbamates (subject to hydrolysis) is 1. The molecule has 0 radical (unpaired) electrons. The summed E-state index contributed by atoms with van der Waals surface area (Å²) in [5.41, 5.74) is 1.10. The lowest BCUT2D eigenvalue weighted by Gasteiger charge is -2.13. The summed E-state index contributed by atoms with van der Waals surface area (Å²) in [4.78, 5) is 34.4. The van der Waals surface area contributed by atoms with E-state index in [1.165, 1.54) is 20.1 Å². The van der Waals surface area contributed by atoms with Crippen molar-refractivity contribution in [3.63, 3.8) is 0 Å². The smallest absolute Gasteiger partial charge is 0.411 e. The van der Waals surface area contributed by atoms with E-state index in [4.69, 9.17) is 9.47 Å². The average molecular weight is 336 g/mol. The molecule has 0 unspecified atom stereocenters. The largest absolute Gasteiger partial charge is 0.453 e. The zero-order valence-electron chi connectivity index (χ0n) is 13.8. The normalized spacial score (nSPS) is 9.62. The Morgan fingerprint density at radius 3 is 2.50 bits per heavy atom. The lowest BCUT2D eigenvalue weighted by atomic mass is 10.1. The first-order valence-corrected chi connectivity index (χ1v) is 7.13. The van der Waals surface area contributed by atoms with E-state index in [0.29, 0.717) is 11.3 Å². The van der Waals surface area contributed by atoms with Gasteiger partial charge in [0.2, 0.25) is 0 Å². The number of anilines is 1. The summed E-state index contributed by atoms with van der Waals surface area (Å²) < 4.78 is 14.5. The van der Waals surface area contributed by atoms with Crippen LogP contribution in [0.15, 0.2) is 30.4 Å². The molecule has 130 valence electrons. The maximum absolute atomic E-state index is 11.7. The van der Waals surface area contributed by atoms with Crippen molar-refractivity contribution < 1.29 is 28.6 Å². The van der Waals surface area contributed by atoms with Crippen molar-refractivity contribution in [2.24, 2.45) is 0 Å². The van der Waals surface area contributed by atoms with Gasteiger partial charge in [-0.2, -0.15) is 0 Å². The van der Waals surface area contributed by atoms with Crippen LogP contribution in [0.1, 0.15) is 19.4 Å². The molecule has 1 aromatic rings. The summed E-state index contributed by atoms with van der Waals surface area (Å²) in [6, 6.07) is 4.62. The molecule has 1 rings (SSSR count). The Bertz CT molecular complexity index is 641. The molecule has 0 bridgehead atoms. The zero-order chi connectivity index (χ0) is 18.1. The van der Waals surface area contributed by atoms with Gasteiger partial charge in [-0.25, -0.2) is 14.4 Å². The molecule has 0 aliphatic carbocycles. The molecule has 8 nitrogen and oxygen atoms in total. The first kappa shape index (κ1) is 19.0. The SMILES string of the molecule is C=C(C)C(=O)Oc1cc(NC(=O)OC)ccc1CNC(=O)OCC. The van der Waals surface area contributed by atoms with Crippen molar-refractivity contribution in [2.75, 3.05) is 19.0 Å². The van der Waals surface area contributed by atoms with Crippen LogP contribution in [0.4, 0.5) is 15.3 Å². The molecule has 0 atom stereocenters. The van der Waals surface area contributed by atoms with Gasteiger partial charge in [0.25, 0.3) is 0 Å². The van der Waals surface area contributed by atoms with Gasteiger partial charge in [0.15, 0.2) is 0 Å². The van der Waals surface area contributed by atoms with Crippen LogP contribution in [0.25, 0.3) is 0 Å². The van der Waals surface area contributed by atoms with Crippen molar-refractivity contribution in [1.29, 1.82) is 0 Å². The van der Waals surface area contributed by atoms with Crippen molar-refractivity contribution in [3.8, 4) is 5.75 Å². The van der Waals surface area contributed by atoms with Gasteiger partial charge in [0, 0.05) is 29.4 Å². The Morgan fingerprint density at radius 2 is 1.92 bits per heavy atom. The monoisotopic (exact) mass is 336 g/mol. The fourth-order valence-electron chi connectivity index (χ4n) is 1.58. The van der Waals surface area contributed by atoms with Crippen molar-refractivity contribution in [3.05, 3.63) is 35.9 Å². The van der Waals surface area contributed by atoms with Crippen molar-refractivity contribution in [1.82, 2.24) is 5.32 Å². The van der Waals surface area contributed by atoms with Crippen LogP contribution in [-0.4, -0.2) is 31.9 Å². The summed E-state index contributed by atoms with van der Waals surface area (Å²) >= 11 is 0. The third-order valence-corrected chi connectivity index (χ3v) is 2.75. The van der Waals surface area contributed by atoms with Crippen LogP contribution < -0.4 is 15.4 Å². The molecular weight excluding hydrogens is 316 g/mol. The predicted octanol–water partition coefficient (Wildman–Crippen LogP) is 2.59. The van der Waals surface area contributed by atoms with E-state index < -0.39 is 18.2 Å². The first-order chi connectivity index (χ1) is 11.4. The number of amides is 2. The summed E-state index contributed by atoms with van der Waals surface area (Å²) in [5.74, 6) is -0.448. The van der Waals surface area contributed by atoms with Gasteiger partial charge in [0.05, 0.1) is 13.7 Å². The van der Waals surface area contributed by atoms with Crippen molar-refractivity contribution >= 4 is 23.8 Å². The maximum Gasteiger partial charge on any atom is 0.411 e. The Balaban J connectivity index is 2.98. The fraction of sp³-hybridized carbons (Fsp3) is 0.312. The van der Waals surface area contributed by atoms with Crippen LogP contribution in [0.5, 0.6) is 5.75 Å². The van der Waals surface area contributed by atoms with Gasteiger partial charge in [-0.15, -0.1) is 0 Å². The number of benzene rings is 1. The van der Waals surface area contributed by atoms with Crippen LogP contribution in [0.2, 0.25) is 0 Å². The second kappa shape index (κ2) is 9.19. The van der Waals surface area contributed by atoms with E-state index in [2.05, 4.69) is 21.9 Å². The van der Waals surface area contributed by atoms with Gasteiger partial charge in [-0.05, 0) is 19.9 Å². The summed E-state index contributed by atoms with van der Waals surface area (Å²) in [6.07, 6.45) is -1.25. The van der Waals surface area contributed by atoms with Crippen LogP contribution in [0, 0.1) is 0 Å². The number of methoxy groups -OCH3 is 1. The molecule has 8 heteroatoms. The molecule has 24 heavy (non-hydrogen) atoms. The number of esters is 1. The minimum Gasteiger partial charge on any atom is -0.453 e. The molecule has 2 N–H and O–H groups in total. The number of ether oxygens (including phenoxy) is 3. The van der Waals surface area contributed by atoms with Gasteiger partial charge in [-0.3, -0.25) is 5.32 Å². The Morgan fingerprint density at radius 1 is 1.21 bits per heavy atom. The summed E-state index contributed by atoms with van der Waals surface area (Å²) in [6.45, 7) is 7.03. The average Bonchev–Trinajstić information content (AvgIpc) is 2.54. The molecule has 0 spiro atoms. The number of hydrogen-bond donors (Lipinski definition) is 2. The van der Waals surface area contributed by atoms with Gasteiger partial charge in [-0.1, -0.05) is 12.6 Å². The topological polar surface area (TPSA) is 103 Å². The zero-order valence-corrected chi connectivity index (χ0v) is 13.8. The molecule has 0 aromatic heterocycles. The molecule has 0 aliphatic heterocycles. The number of carbonyl (C=O) groups excluding carboxylic acids is 3. The van der Waals surface area contributed by atoms with E-state index in [0.717, 1.165) is 0 Å². The van der Waals surface area contributed by atoms with Crippen molar-refractivity contribution in [2.45, 2.75) is 20.4 Å².